The highest BCUT2D eigenvalue weighted by Crippen LogP contribution is 2.22. The fraction of sp³-hybridized carbons (Fsp3) is 0.562. The Kier molecular flexibility index (Phi) is 6.06. The smallest absolute Gasteiger partial charge is 0.224 e. The lowest BCUT2D eigenvalue weighted by atomic mass is 9.98. The first-order chi connectivity index (χ1) is 10.8. The van der Waals surface area contributed by atoms with E-state index in [1.54, 1.807) is 24.3 Å². The Labute approximate surface area is 143 Å². The van der Waals surface area contributed by atoms with Crippen molar-refractivity contribution in [3.63, 3.8) is 0 Å². The van der Waals surface area contributed by atoms with Crippen LogP contribution in [0.25, 0.3) is 0 Å². The molecule has 0 spiro atoms. The Morgan fingerprint density at radius 3 is 2.83 bits per heavy atom. The lowest BCUT2D eigenvalue weighted by Crippen LogP contribution is -2.46. The summed E-state index contributed by atoms with van der Waals surface area (Å²) in [7, 11) is -3.45. The largest absolute Gasteiger partial charge is 0.354 e. The zero-order valence-corrected chi connectivity index (χ0v) is 15.0. The molecular weight excluding hydrogens is 336 g/mol. The van der Waals surface area contributed by atoms with Crippen LogP contribution >= 0.6 is 11.6 Å². The highest BCUT2D eigenvalue weighted by Gasteiger charge is 2.32. The first-order valence-electron chi connectivity index (χ1n) is 7.80. The summed E-state index contributed by atoms with van der Waals surface area (Å²) in [5.41, 5.74) is 0.659. The van der Waals surface area contributed by atoms with Crippen LogP contribution in [0, 0.1) is 5.92 Å². The fourth-order valence-corrected chi connectivity index (χ4v) is 4.55. The van der Waals surface area contributed by atoms with E-state index in [1.165, 1.54) is 4.31 Å². The van der Waals surface area contributed by atoms with Crippen LogP contribution in [0.5, 0.6) is 0 Å². The lowest BCUT2D eigenvalue weighted by Gasteiger charge is -2.31. The van der Waals surface area contributed by atoms with Crippen molar-refractivity contribution < 1.29 is 13.2 Å². The Morgan fingerprint density at radius 1 is 1.43 bits per heavy atom. The number of carbonyl (C=O) groups is 1. The normalized spacial score (nSPS) is 19.7. The molecule has 5 nitrogen and oxygen atoms in total. The van der Waals surface area contributed by atoms with Gasteiger partial charge in [-0.2, -0.15) is 0 Å². The van der Waals surface area contributed by atoms with Crippen LogP contribution in [0.4, 0.5) is 0 Å². The molecule has 1 aromatic carbocycles. The maximum absolute atomic E-state index is 12.6. The number of piperidine rings is 1. The van der Waals surface area contributed by atoms with Crippen LogP contribution in [0.2, 0.25) is 5.02 Å². The van der Waals surface area contributed by atoms with Gasteiger partial charge >= 0.3 is 0 Å². The number of benzene rings is 1. The second-order valence-electron chi connectivity index (χ2n) is 6.25. The maximum atomic E-state index is 12.6. The molecule has 7 heteroatoms. The number of amides is 1. The zero-order chi connectivity index (χ0) is 17.0. The quantitative estimate of drug-likeness (QED) is 0.878. The molecule has 1 aliphatic rings. The topological polar surface area (TPSA) is 66.5 Å². The van der Waals surface area contributed by atoms with Crippen molar-refractivity contribution in [2.75, 3.05) is 13.1 Å². The van der Waals surface area contributed by atoms with Gasteiger partial charge in [-0.15, -0.1) is 0 Å². The SMILES string of the molecule is CC(C)NC(=O)[C@@H]1CCCN(S(=O)(=O)Cc2cccc(Cl)c2)C1. The minimum absolute atomic E-state index is 0.0564. The number of hydrogen-bond acceptors (Lipinski definition) is 3. The van der Waals surface area contributed by atoms with Gasteiger partial charge in [0.05, 0.1) is 11.7 Å². The second kappa shape index (κ2) is 7.64. The van der Waals surface area contributed by atoms with Crippen LogP contribution < -0.4 is 5.32 Å². The second-order valence-corrected chi connectivity index (χ2v) is 8.65. The van der Waals surface area contributed by atoms with Gasteiger partial charge < -0.3 is 5.32 Å². The molecule has 0 aliphatic carbocycles. The van der Waals surface area contributed by atoms with Gasteiger partial charge in [0.15, 0.2) is 0 Å². The van der Waals surface area contributed by atoms with Gasteiger partial charge in [0.2, 0.25) is 15.9 Å². The third-order valence-electron chi connectivity index (χ3n) is 3.82. The van der Waals surface area contributed by atoms with Crippen LogP contribution in [0.15, 0.2) is 24.3 Å². The molecule has 0 radical (unpaired) electrons. The third-order valence-corrected chi connectivity index (χ3v) is 5.87. The van der Waals surface area contributed by atoms with Gasteiger partial charge in [-0.1, -0.05) is 23.7 Å². The van der Waals surface area contributed by atoms with Gasteiger partial charge in [-0.3, -0.25) is 4.79 Å². The molecule has 0 saturated carbocycles. The van der Waals surface area contributed by atoms with E-state index in [0.717, 1.165) is 6.42 Å². The number of nitrogens with one attached hydrogen (secondary N) is 1. The Balaban J connectivity index is 2.06. The summed E-state index contributed by atoms with van der Waals surface area (Å²) in [5, 5.41) is 3.38. The maximum Gasteiger partial charge on any atom is 0.224 e. The van der Waals surface area contributed by atoms with E-state index in [9.17, 15) is 13.2 Å². The minimum Gasteiger partial charge on any atom is -0.354 e. The van der Waals surface area contributed by atoms with Gasteiger partial charge in [0.25, 0.3) is 0 Å². The first kappa shape index (κ1) is 18.2. The van der Waals surface area contributed by atoms with Crippen molar-refractivity contribution in [1.82, 2.24) is 9.62 Å². The Hall–Kier alpha value is -1.11. The predicted molar refractivity (Wildman–Crippen MR) is 91.7 cm³/mol. The standard InChI is InChI=1S/C16H23ClN2O3S/c1-12(2)18-16(20)14-6-4-8-19(10-14)23(21,22)11-13-5-3-7-15(17)9-13/h3,5,7,9,12,14H,4,6,8,10-11H2,1-2H3,(H,18,20)/t14-/m1/s1. The van der Waals surface area contributed by atoms with E-state index < -0.39 is 10.0 Å². The van der Waals surface area contributed by atoms with Crippen LogP contribution in [0.3, 0.4) is 0 Å². The van der Waals surface area contributed by atoms with Crippen molar-refractivity contribution in [2.24, 2.45) is 5.92 Å². The Morgan fingerprint density at radius 2 is 2.17 bits per heavy atom. The molecule has 128 valence electrons. The summed E-state index contributed by atoms with van der Waals surface area (Å²) in [4.78, 5) is 12.1. The fourth-order valence-electron chi connectivity index (χ4n) is 2.74. The third kappa shape index (κ3) is 5.19. The van der Waals surface area contributed by atoms with Gasteiger partial charge in [-0.25, -0.2) is 12.7 Å². The van der Waals surface area contributed by atoms with Gasteiger partial charge in [0.1, 0.15) is 0 Å². The van der Waals surface area contributed by atoms with Crippen molar-refractivity contribution in [1.29, 1.82) is 0 Å². The van der Waals surface area contributed by atoms with E-state index >= 15 is 0 Å². The molecule has 1 heterocycles. The van der Waals surface area contributed by atoms with Gasteiger partial charge in [0, 0.05) is 24.2 Å². The predicted octanol–water partition coefficient (Wildman–Crippen LogP) is 2.41. The summed E-state index contributed by atoms with van der Waals surface area (Å²) in [6, 6.07) is 6.91. The van der Waals surface area contributed by atoms with E-state index in [-0.39, 0.29) is 30.2 Å². The van der Waals surface area contributed by atoms with Crippen molar-refractivity contribution >= 4 is 27.5 Å². The van der Waals surface area contributed by atoms with Crippen LogP contribution in [-0.4, -0.2) is 37.8 Å². The van der Waals surface area contributed by atoms with Crippen molar-refractivity contribution in [3.8, 4) is 0 Å². The van der Waals surface area contributed by atoms with E-state index in [4.69, 9.17) is 11.6 Å². The number of carbonyl (C=O) groups excluding carboxylic acids is 1. The van der Waals surface area contributed by atoms with Gasteiger partial charge in [-0.05, 0) is 44.4 Å². The molecule has 23 heavy (non-hydrogen) atoms. The number of hydrogen-bond donors (Lipinski definition) is 1. The molecule has 1 N–H and O–H groups in total. The number of nitrogens with zero attached hydrogens (tertiary/aromatic N) is 1. The number of rotatable bonds is 5. The molecule has 1 fully saturated rings. The summed E-state index contributed by atoms with van der Waals surface area (Å²) in [5.74, 6) is -0.436. The molecule has 0 unspecified atom stereocenters. The molecule has 0 aromatic heterocycles. The first-order valence-corrected chi connectivity index (χ1v) is 9.79. The Bertz CT molecular complexity index is 661. The lowest BCUT2D eigenvalue weighted by molar-refractivity contribution is -0.126. The summed E-state index contributed by atoms with van der Waals surface area (Å²) >= 11 is 5.91. The highest BCUT2D eigenvalue weighted by atomic mass is 35.5. The minimum atomic E-state index is -3.45. The molecular formula is C16H23ClN2O3S. The summed E-state index contributed by atoms with van der Waals surface area (Å²) in [6.07, 6.45) is 1.42. The molecule has 1 aromatic rings. The average Bonchev–Trinajstić information content (AvgIpc) is 2.46. The summed E-state index contributed by atoms with van der Waals surface area (Å²) < 4.78 is 26.6. The molecule has 1 aliphatic heterocycles. The molecule has 1 saturated heterocycles. The molecule has 2 rings (SSSR count). The molecule has 1 atom stereocenters. The number of sulfonamides is 1. The summed E-state index contributed by atoms with van der Waals surface area (Å²) in [6.45, 7) is 4.51. The van der Waals surface area contributed by atoms with Crippen molar-refractivity contribution in [3.05, 3.63) is 34.9 Å². The van der Waals surface area contributed by atoms with E-state index in [2.05, 4.69) is 5.32 Å². The van der Waals surface area contributed by atoms with Crippen LogP contribution in [0.1, 0.15) is 32.3 Å². The van der Waals surface area contributed by atoms with Crippen LogP contribution in [-0.2, 0) is 20.6 Å². The van der Waals surface area contributed by atoms with Crippen molar-refractivity contribution in [2.45, 2.75) is 38.5 Å². The average molecular weight is 359 g/mol. The van der Waals surface area contributed by atoms with E-state index in [1.807, 2.05) is 13.8 Å². The monoisotopic (exact) mass is 358 g/mol. The number of halogens is 1. The molecule has 0 bridgehead atoms. The molecule has 1 amide bonds. The zero-order valence-electron chi connectivity index (χ0n) is 13.5. The van der Waals surface area contributed by atoms with E-state index in [0.29, 0.717) is 23.6 Å². The highest BCUT2D eigenvalue weighted by molar-refractivity contribution is 7.88.